The fourth-order valence-corrected chi connectivity index (χ4v) is 3.66. The summed E-state index contributed by atoms with van der Waals surface area (Å²) in [5.74, 6) is 0. The van der Waals surface area contributed by atoms with Crippen LogP contribution in [0.5, 0.6) is 0 Å². The lowest BCUT2D eigenvalue weighted by molar-refractivity contribution is -0.293. The van der Waals surface area contributed by atoms with E-state index in [0.717, 1.165) is 0 Å². The number of hydrogen-bond donors (Lipinski definition) is 0. The molecule has 20 heavy (non-hydrogen) atoms. The zero-order valence-electron chi connectivity index (χ0n) is 13.1. The van der Waals surface area contributed by atoms with Gasteiger partial charge in [-0.15, -0.1) is 0 Å². The maximum Gasteiger partial charge on any atom is 0.137 e. The van der Waals surface area contributed by atoms with Crippen LogP contribution in [0.1, 0.15) is 41.5 Å². The molecule has 0 saturated carbocycles. The zero-order chi connectivity index (χ0) is 15.9. The standard InChI is InChI=1S/C14H26N2O4/c1-12(2,3)14(13(4,5)6)9-15(10(17)18)7-8-16(14)11(19)20/h7-9H2,1-6H3,(H,17,18)(H,19,20)/p-2. The van der Waals surface area contributed by atoms with Crippen LogP contribution in [0.2, 0.25) is 0 Å². The van der Waals surface area contributed by atoms with Crippen molar-refractivity contribution in [2.45, 2.75) is 47.1 Å². The van der Waals surface area contributed by atoms with Gasteiger partial charge in [-0.25, -0.2) is 0 Å². The third kappa shape index (κ3) is 2.43. The van der Waals surface area contributed by atoms with Gasteiger partial charge in [-0.05, 0) is 10.8 Å². The largest absolute Gasteiger partial charge is 0.530 e. The highest BCUT2D eigenvalue weighted by Crippen LogP contribution is 2.49. The maximum atomic E-state index is 11.6. The van der Waals surface area contributed by atoms with Crippen molar-refractivity contribution >= 4 is 12.2 Å². The highest BCUT2D eigenvalue weighted by Gasteiger charge is 2.57. The first-order valence-corrected chi connectivity index (χ1v) is 6.79. The van der Waals surface area contributed by atoms with Crippen LogP contribution in [0, 0.1) is 10.8 Å². The van der Waals surface area contributed by atoms with Crippen LogP contribution in [0.15, 0.2) is 0 Å². The predicted octanol–water partition coefficient (Wildman–Crippen LogP) is 0.122. The third-order valence-electron chi connectivity index (χ3n) is 4.43. The summed E-state index contributed by atoms with van der Waals surface area (Å²) < 4.78 is 0. The Morgan fingerprint density at radius 2 is 1.35 bits per heavy atom. The predicted molar refractivity (Wildman–Crippen MR) is 70.7 cm³/mol. The quantitative estimate of drug-likeness (QED) is 0.632. The van der Waals surface area contributed by atoms with Crippen LogP contribution in [0.4, 0.5) is 9.59 Å². The molecule has 1 heterocycles. The molecule has 0 aromatic heterocycles. The Kier molecular flexibility index (Phi) is 4.00. The van der Waals surface area contributed by atoms with Crippen LogP contribution in [-0.2, 0) is 0 Å². The molecule has 2 amide bonds. The van der Waals surface area contributed by atoms with E-state index in [0.29, 0.717) is 0 Å². The summed E-state index contributed by atoms with van der Waals surface area (Å²) in [7, 11) is 0. The molecule has 1 fully saturated rings. The second kappa shape index (κ2) is 4.82. The molecule has 1 saturated heterocycles. The summed E-state index contributed by atoms with van der Waals surface area (Å²) >= 11 is 0. The smallest absolute Gasteiger partial charge is 0.137 e. The summed E-state index contributed by atoms with van der Waals surface area (Å²) in [4.78, 5) is 25.3. The summed E-state index contributed by atoms with van der Waals surface area (Å²) in [6.07, 6.45) is -2.52. The van der Waals surface area contributed by atoms with E-state index >= 15 is 0 Å². The average Bonchev–Trinajstić information content (AvgIpc) is 2.24. The highest BCUT2D eigenvalue weighted by atomic mass is 16.4. The molecule has 1 aliphatic heterocycles. The number of piperazine rings is 1. The zero-order valence-corrected chi connectivity index (χ0v) is 13.1. The molecule has 0 aliphatic carbocycles. The van der Waals surface area contributed by atoms with E-state index in [1.165, 1.54) is 9.80 Å². The molecule has 0 N–H and O–H groups in total. The molecule has 1 aliphatic rings. The Morgan fingerprint density at radius 1 is 0.900 bits per heavy atom. The summed E-state index contributed by atoms with van der Waals surface area (Å²) in [6, 6.07) is 0. The molecule has 0 aromatic rings. The van der Waals surface area contributed by atoms with Gasteiger partial charge in [-0.3, -0.25) is 0 Å². The Bertz CT molecular complexity index is 392. The first-order chi connectivity index (χ1) is 8.84. The van der Waals surface area contributed by atoms with Crippen LogP contribution in [0.3, 0.4) is 0 Å². The van der Waals surface area contributed by atoms with Gasteiger partial charge in [-0.1, -0.05) is 41.5 Å². The molecule has 0 spiro atoms. The summed E-state index contributed by atoms with van der Waals surface area (Å²) in [5, 5.41) is 22.8. The van der Waals surface area contributed by atoms with Crippen molar-refractivity contribution < 1.29 is 19.8 Å². The minimum absolute atomic E-state index is 0.0936. The molecule has 0 atom stereocenters. The molecule has 0 radical (unpaired) electrons. The van der Waals surface area contributed by atoms with Crippen molar-refractivity contribution in [1.82, 2.24) is 9.80 Å². The minimum Gasteiger partial charge on any atom is -0.530 e. The molecular weight excluding hydrogens is 260 g/mol. The summed E-state index contributed by atoms with van der Waals surface area (Å²) in [6.45, 7) is 11.9. The van der Waals surface area contributed by atoms with Crippen LogP contribution < -0.4 is 10.2 Å². The van der Waals surface area contributed by atoms with Gasteiger partial charge in [-0.2, -0.15) is 0 Å². The number of carboxylic acid groups (broad SMARTS) is 2. The lowest BCUT2D eigenvalue weighted by Crippen LogP contribution is -2.76. The highest BCUT2D eigenvalue weighted by molar-refractivity contribution is 5.67. The minimum atomic E-state index is -1.26. The molecule has 6 heteroatoms. The van der Waals surface area contributed by atoms with Gasteiger partial charge in [0.1, 0.15) is 12.2 Å². The first kappa shape index (κ1) is 16.6. The first-order valence-electron chi connectivity index (χ1n) is 6.79. The van der Waals surface area contributed by atoms with E-state index in [1.54, 1.807) is 0 Å². The van der Waals surface area contributed by atoms with Gasteiger partial charge in [0, 0.05) is 19.6 Å². The Labute approximate surface area is 120 Å². The molecule has 0 bridgehead atoms. The second-order valence-electron chi connectivity index (χ2n) is 7.47. The fraction of sp³-hybridized carbons (Fsp3) is 0.857. The molecule has 0 unspecified atom stereocenters. The maximum absolute atomic E-state index is 11.6. The molecular formula is C14H24N2O4-2. The average molecular weight is 284 g/mol. The Morgan fingerprint density at radius 3 is 1.65 bits per heavy atom. The van der Waals surface area contributed by atoms with Gasteiger partial charge in [0.15, 0.2) is 0 Å². The molecule has 0 aromatic carbocycles. The van der Waals surface area contributed by atoms with Crippen molar-refractivity contribution in [3.8, 4) is 0 Å². The molecule has 116 valence electrons. The fourth-order valence-electron chi connectivity index (χ4n) is 3.66. The van der Waals surface area contributed by atoms with Gasteiger partial charge >= 0.3 is 0 Å². The second-order valence-corrected chi connectivity index (χ2v) is 7.47. The van der Waals surface area contributed by atoms with Crippen molar-refractivity contribution in [3.05, 3.63) is 0 Å². The SMILES string of the molecule is CC(C)(C)C1(C(C)(C)C)CN(C(=O)[O-])CCN1C(=O)[O-]. The lowest BCUT2D eigenvalue weighted by atomic mass is 9.58. The monoisotopic (exact) mass is 284 g/mol. The third-order valence-corrected chi connectivity index (χ3v) is 4.43. The number of hydrogen-bond acceptors (Lipinski definition) is 4. The van der Waals surface area contributed by atoms with Crippen LogP contribution >= 0.6 is 0 Å². The van der Waals surface area contributed by atoms with E-state index in [2.05, 4.69) is 0 Å². The molecule has 1 rings (SSSR count). The van der Waals surface area contributed by atoms with E-state index in [9.17, 15) is 19.8 Å². The van der Waals surface area contributed by atoms with E-state index in [4.69, 9.17) is 0 Å². The van der Waals surface area contributed by atoms with Crippen molar-refractivity contribution in [2.75, 3.05) is 19.6 Å². The number of amides is 2. The van der Waals surface area contributed by atoms with Crippen molar-refractivity contribution in [1.29, 1.82) is 0 Å². The van der Waals surface area contributed by atoms with E-state index in [1.807, 2.05) is 41.5 Å². The normalized spacial score (nSPS) is 19.9. The van der Waals surface area contributed by atoms with Crippen LogP contribution in [-0.4, -0.2) is 47.2 Å². The number of carbonyl (C=O) groups excluding carboxylic acids is 2. The number of nitrogens with zero attached hydrogens (tertiary/aromatic N) is 2. The topological polar surface area (TPSA) is 86.7 Å². The summed E-state index contributed by atoms with van der Waals surface area (Å²) in [5.41, 5.74) is -1.80. The van der Waals surface area contributed by atoms with Gasteiger partial charge in [0.05, 0.1) is 5.54 Å². The van der Waals surface area contributed by atoms with E-state index in [-0.39, 0.29) is 19.6 Å². The van der Waals surface area contributed by atoms with Gasteiger partial charge < -0.3 is 29.6 Å². The lowest BCUT2D eigenvalue weighted by Gasteiger charge is -2.64. The van der Waals surface area contributed by atoms with Crippen LogP contribution in [0.25, 0.3) is 0 Å². The number of rotatable bonds is 0. The van der Waals surface area contributed by atoms with Gasteiger partial charge in [0.25, 0.3) is 0 Å². The van der Waals surface area contributed by atoms with Gasteiger partial charge in [0.2, 0.25) is 0 Å². The van der Waals surface area contributed by atoms with E-state index < -0.39 is 28.6 Å². The van der Waals surface area contributed by atoms with Crippen molar-refractivity contribution in [3.63, 3.8) is 0 Å². The Balaban J connectivity index is 3.44. The number of carbonyl (C=O) groups is 2. The Hall–Kier alpha value is -1.46. The molecule has 6 nitrogen and oxygen atoms in total. The van der Waals surface area contributed by atoms with Crippen molar-refractivity contribution in [2.24, 2.45) is 10.8 Å².